The van der Waals surface area contributed by atoms with Gasteiger partial charge in [-0.2, -0.15) is 0 Å². The SMILES string of the molecule is C[C@H](CNc1cc(-c2ccc3cnccc3c2)ncn1)c1ccnc2c1OCCO2. The van der Waals surface area contributed by atoms with E-state index in [-0.39, 0.29) is 5.92 Å². The summed E-state index contributed by atoms with van der Waals surface area (Å²) in [4.78, 5) is 17.2. The third-order valence-corrected chi connectivity index (χ3v) is 5.19. The Hall–Kier alpha value is -3.74. The first-order valence-electron chi connectivity index (χ1n) is 9.92. The topological polar surface area (TPSA) is 82.1 Å². The molecule has 150 valence electrons. The normalized spacial score (nSPS) is 13.8. The lowest BCUT2D eigenvalue weighted by atomic mass is 10.0. The fourth-order valence-corrected chi connectivity index (χ4v) is 3.58. The Labute approximate surface area is 174 Å². The van der Waals surface area contributed by atoms with E-state index in [1.54, 1.807) is 18.7 Å². The minimum Gasteiger partial charge on any atom is -0.484 e. The lowest BCUT2D eigenvalue weighted by Gasteiger charge is -2.22. The Bertz CT molecular complexity index is 1200. The number of hydrogen-bond donors (Lipinski definition) is 1. The highest BCUT2D eigenvalue weighted by atomic mass is 16.6. The second-order valence-electron chi connectivity index (χ2n) is 7.24. The van der Waals surface area contributed by atoms with Crippen molar-refractivity contribution in [2.75, 3.05) is 25.1 Å². The highest BCUT2D eigenvalue weighted by Crippen LogP contribution is 2.35. The molecular weight excluding hydrogens is 378 g/mol. The summed E-state index contributed by atoms with van der Waals surface area (Å²) in [5.41, 5.74) is 2.99. The maximum absolute atomic E-state index is 5.79. The zero-order valence-corrected chi connectivity index (χ0v) is 16.6. The minimum absolute atomic E-state index is 0.190. The van der Waals surface area contributed by atoms with Crippen molar-refractivity contribution in [1.29, 1.82) is 0 Å². The summed E-state index contributed by atoms with van der Waals surface area (Å²) in [5.74, 6) is 2.28. The lowest BCUT2D eigenvalue weighted by Crippen LogP contribution is -2.19. The van der Waals surface area contributed by atoms with Crippen molar-refractivity contribution >= 4 is 16.6 Å². The highest BCUT2D eigenvalue weighted by molar-refractivity contribution is 5.86. The van der Waals surface area contributed by atoms with Crippen molar-refractivity contribution in [3.63, 3.8) is 0 Å². The first-order chi connectivity index (χ1) is 14.8. The molecule has 5 rings (SSSR count). The number of pyridine rings is 2. The van der Waals surface area contributed by atoms with Crippen molar-refractivity contribution in [2.45, 2.75) is 12.8 Å². The van der Waals surface area contributed by atoms with Gasteiger partial charge in [-0.25, -0.2) is 15.0 Å². The molecule has 30 heavy (non-hydrogen) atoms. The molecule has 1 N–H and O–H groups in total. The smallest absolute Gasteiger partial charge is 0.257 e. The number of nitrogens with zero attached hydrogens (tertiary/aromatic N) is 4. The number of fused-ring (bicyclic) bond motifs is 2. The number of nitrogens with one attached hydrogen (secondary N) is 1. The van der Waals surface area contributed by atoms with Crippen LogP contribution in [0.15, 0.2) is 61.3 Å². The molecule has 4 heterocycles. The van der Waals surface area contributed by atoms with Gasteiger partial charge in [-0.05, 0) is 23.6 Å². The van der Waals surface area contributed by atoms with Crippen molar-refractivity contribution in [3.05, 3.63) is 66.9 Å². The largest absolute Gasteiger partial charge is 0.484 e. The number of ether oxygens (including phenoxy) is 2. The molecule has 0 saturated carbocycles. The molecular formula is C23H21N5O2. The quantitative estimate of drug-likeness (QED) is 0.542. The molecule has 0 unspecified atom stereocenters. The highest BCUT2D eigenvalue weighted by Gasteiger charge is 2.20. The summed E-state index contributed by atoms with van der Waals surface area (Å²) in [6, 6.07) is 12.2. The number of rotatable bonds is 5. The van der Waals surface area contributed by atoms with Gasteiger partial charge in [-0.1, -0.05) is 19.1 Å². The number of hydrogen-bond acceptors (Lipinski definition) is 7. The molecule has 0 radical (unpaired) electrons. The zero-order valence-electron chi connectivity index (χ0n) is 16.6. The Kier molecular flexibility index (Phi) is 4.85. The Morgan fingerprint density at radius 2 is 1.90 bits per heavy atom. The van der Waals surface area contributed by atoms with Gasteiger partial charge in [0.1, 0.15) is 25.4 Å². The van der Waals surface area contributed by atoms with Crippen molar-refractivity contribution in [3.8, 4) is 22.9 Å². The van der Waals surface area contributed by atoms with E-state index in [0.29, 0.717) is 25.6 Å². The number of benzene rings is 1. The minimum atomic E-state index is 0.190. The molecule has 0 bridgehead atoms. The molecule has 1 aromatic carbocycles. The van der Waals surface area contributed by atoms with Crippen LogP contribution in [-0.2, 0) is 0 Å². The first kappa shape index (κ1) is 18.3. The monoisotopic (exact) mass is 399 g/mol. The van der Waals surface area contributed by atoms with Crippen molar-refractivity contribution in [1.82, 2.24) is 19.9 Å². The van der Waals surface area contributed by atoms with E-state index in [0.717, 1.165) is 39.2 Å². The molecule has 0 spiro atoms. The second kappa shape index (κ2) is 7.94. The third kappa shape index (κ3) is 3.61. The third-order valence-electron chi connectivity index (χ3n) is 5.19. The maximum atomic E-state index is 5.79. The summed E-state index contributed by atoms with van der Waals surface area (Å²) < 4.78 is 11.4. The van der Waals surface area contributed by atoms with Crippen molar-refractivity contribution < 1.29 is 9.47 Å². The molecule has 7 heteroatoms. The molecule has 1 atom stereocenters. The van der Waals surface area contributed by atoms with E-state index >= 15 is 0 Å². The van der Waals surface area contributed by atoms with Crippen molar-refractivity contribution in [2.24, 2.45) is 0 Å². The van der Waals surface area contributed by atoms with Gasteiger partial charge < -0.3 is 14.8 Å². The van der Waals surface area contributed by atoms with E-state index in [1.165, 1.54) is 0 Å². The molecule has 0 saturated heterocycles. The second-order valence-corrected chi connectivity index (χ2v) is 7.24. The molecule has 3 aromatic heterocycles. The lowest BCUT2D eigenvalue weighted by molar-refractivity contribution is 0.162. The summed E-state index contributed by atoms with van der Waals surface area (Å²) in [5, 5.41) is 5.66. The van der Waals surface area contributed by atoms with E-state index < -0.39 is 0 Å². The van der Waals surface area contributed by atoms with E-state index in [4.69, 9.17) is 9.47 Å². The van der Waals surface area contributed by atoms with Crippen LogP contribution in [0.5, 0.6) is 11.6 Å². The average molecular weight is 399 g/mol. The Morgan fingerprint density at radius 1 is 0.967 bits per heavy atom. The Balaban J connectivity index is 1.34. The molecule has 1 aliphatic heterocycles. The molecule has 0 amide bonds. The van der Waals surface area contributed by atoms with Gasteiger partial charge in [-0.15, -0.1) is 0 Å². The molecule has 0 fully saturated rings. The van der Waals surface area contributed by atoms with Gasteiger partial charge in [0.15, 0.2) is 5.75 Å². The fraction of sp³-hybridized carbons (Fsp3) is 0.217. The molecule has 1 aliphatic rings. The van der Waals surface area contributed by atoms with Crippen LogP contribution < -0.4 is 14.8 Å². The predicted molar refractivity (Wildman–Crippen MR) is 115 cm³/mol. The van der Waals surface area contributed by atoms with Crippen LogP contribution in [0.1, 0.15) is 18.4 Å². The molecule has 4 aromatic rings. The van der Waals surface area contributed by atoms with Crippen LogP contribution in [0.4, 0.5) is 5.82 Å². The maximum Gasteiger partial charge on any atom is 0.257 e. The molecule has 7 nitrogen and oxygen atoms in total. The van der Waals surface area contributed by atoms with E-state index in [2.05, 4.69) is 50.4 Å². The standard InChI is InChI=1S/C23H21N5O2/c1-15(19-5-7-25-23-22(19)29-8-9-30-23)12-26-21-11-20(27-14-28-21)17-2-3-18-13-24-6-4-16(18)10-17/h2-7,10-11,13-15H,8-9,12H2,1H3,(H,26,27,28)/t15-/m1/s1. The number of aromatic nitrogens is 4. The van der Waals surface area contributed by atoms with Gasteiger partial charge in [0.2, 0.25) is 0 Å². The van der Waals surface area contributed by atoms with E-state index in [1.807, 2.05) is 24.4 Å². The number of anilines is 1. The predicted octanol–water partition coefficient (Wildman–Crippen LogP) is 4.07. The Morgan fingerprint density at radius 3 is 2.87 bits per heavy atom. The summed E-state index contributed by atoms with van der Waals surface area (Å²) >= 11 is 0. The van der Waals surface area contributed by atoms with Crippen LogP contribution in [0.2, 0.25) is 0 Å². The van der Waals surface area contributed by atoms with Crippen LogP contribution in [0.3, 0.4) is 0 Å². The van der Waals surface area contributed by atoms with Gasteiger partial charge in [0.05, 0.1) is 5.69 Å². The fourth-order valence-electron chi connectivity index (χ4n) is 3.58. The summed E-state index contributed by atoms with van der Waals surface area (Å²) in [6.45, 7) is 3.91. The zero-order chi connectivity index (χ0) is 20.3. The van der Waals surface area contributed by atoms with Gasteiger partial charge in [0, 0.05) is 53.6 Å². The summed E-state index contributed by atoms with van der Waals surface area (Å²) in [7, 11) is 0. The van der Waals surface area contributed by atoms with Gasteiger partial charge in [-0.3, -0.25) is 4.98 Å². The molecule has 0 aliphatic carbocycles. The van der Waals surface area contributed by atoms with Gasteiger partial charge >= 0.3 is 0 Å². The van der Waals surface area contributed by atoms with E-state index in [9.17, 15) is 0 Å². The van der Waals surface area contributed by atoms with Crippen LogP contribution in [0.25, 0.3) is 22.0 Å². The van der Waals surface area contributed by atoms with Crippen LogP contribution in [-0.4, -0.2) is 39.7 Å². The van der Waals surface area contributed by atoms with Gasteiger partial charge in [0.25, 0.3) is 5.88 Å². The van der Waals surface area contributed by atoms with Crippen LogP contribution in [0, 0.1) is 0 Å². The van der Waals surface area contributed by atoms with Crippen LogP contribution >= 0.6 is 0 Å². The first-order valence-corrected chi connectivity index (χ1v) is 9.92. The average Bonchev–Trinajstić information content (AvgIpc) is 2.82. The summed E-state index contributed by atoms with van der Waals surface area (Å²) in [6.07, 6.45) is 7.01.